The van der Waals surface area contributed by atoms with E-state index in [1.54, 1.807) is 0 Å². The lowest BCUT2D eigenvalue weighted by Crippen LogP contribution is -2.60. The van der Waals surface area contributed by atoms with Crippen molar-refractivity contribution >= 4 is 138 Å². The van der Waals surface area contributed by atoms with Crippen LogP contribution in [0, 0.1) is 0 Å². The second-order valence-corrected chi connectivity index (χ2v) is 30.8. The molecule has 0 N–H and O–H groups in total. The Morgan fingerprint density at radius 1 is 0.412 bits per heavy atom. The molecule has 10 aromatic carbocycles. The predicted molar refractivity (Wildman–Crippen MR) is 371 cm³/mol. The molecule has 3 aliphatic heterocycles. The number of hydrogen-bond acceptors (Lipinski definition) is 6. The third-order valence-corrected chi connectivity index (χ3v) is 22.8. The summed E-state index contributed by atoms with van der Waals surface area (Å²) < 4.78 is 5.28. The molecular weight excluding hydrogens is 1090 g/mol. The monoisotopic (exact) mass is 1150 g/mol. The summed E-state index contributed by atoms with van der Waals surface area (Å²) in [5.74, 6) is 0. The molecule has 416 valence electrons. The highest BCUT2D eigenvalue weighted by Crippen LogP contribution is 2.57. The van der Waals surface area contributed by atoms with Crippen molar-refractivity contribution in [3.8, 4) is 22.3 Å². The highest BCUT2D eigenvalue weighted by molar-refractivity contribution is 7.99. The maximum Gasteiger partial charge on any atom is 0.264 e. The Morgan fingerprint density at radius 2 is 1.07 bits per heavy atom. The molecule has 0 fully saturated rings. The summed E-state index contributed by atoms with van der Waals surface area (Å²) in [6.45, 7) is 23.6. The minimum Gasteiger partial charge on any atom is -0.310 e. The van der Waals surface area contributed by atoms with Crippen LogP contribution in [0.2, 0.25) is 0 Å². The minimum atomic E-state index is -0.0495. The predicted octanol–water partition coefficient (Wildman–Crippen LogP) is 21.6. The van der Waals surface area contributed by atoms with Crippen molar-refractivity contribution in [1.29, 1.82) is 0 Å². The van der Waals surface area contributed by atoms with Crippen LogP contribution >= 0.6 is 34.4 Å². The van der Waals surface area contributed by atoms with Gasteiger partial charge in [0.1, 0.15) is 0 Å². The van der Waals surface area contributed by atoms with E-state index in [1.165, 1.54) is 147 Å². The molecule has 1 aliphatic carbocycles. The molecule has 0 radical (unpaired) electrons. The smallest absolute Gasteiger partial charge is 0.264 e. The van der Waals surface area contributed by atoms with E-state index < -0.39 is 0 Å². The van der Waals surface area contributed by atoms with E-state index >= 15 is 0 Å². The normalized spacial score (nSPS) is 15.6. The molecule has 16 rings (SSSR count). The Morgan fingerprint density at radius 3 is 1.86 bits per heavy atom. The van der Waals surface area contributed by atoms with E-state index in [-0.39, 0.29) is 28.4 Å². The van der Waals surface area contributed by atoms with Crippen LogP contribution in [-0.4, -0.2) is 6.71 Å². The van der Waals surface area contributed by atoms with Crippen LogP contribution in [-0.2, 0) is 21.7 Å². The molecule has 4 aliphatic rings. The van der Waals surface area contributed by atoms with Crippen molar-refractivity contribution in [1.82, 2.24) is 0 Å². The average Bonchev–Trinajstić information content (AvgIpc) is 1.70. The topological polar surface area (TPSA) is 9.72 Å². The molecule has 0 saturated heterocycles. The van der Waals surface area contributed by atoms with Gasteiger partial charge in [-0.1, -0.05) is 202 Å². The van der Waals surface area contributed by atoms with Crippen molar-refractivity contribution in [2.45, 2.75) is 114 Å². The highest BCUT2D eigenvalue weighted by Gasteiger charge is 2.47. The number of fused-ring (bicyclic) bond motifs is 15. The number of benzene rings is 10. The van der Waals surface area contributed by atoms with E-state index in [2.05, 4.69) is 290 Å². The second-order valence-electron chi connectivity index (χ2n) is 27.5. The second kappa shape index (κ2) is 18.8. The fraction of sp³-hybridized carbons (Fsp3) is 0.205. The largest absolute Gasteiger partial charge is 0.310 e. The van der Waals surface area contributed by atoms with Crippen LogP contribution in [0.25, 0.3) is 52.5 Å². The molecule has 0 saturated carbocycles. The number of rotatable bonds is 4. The van der Waals surface area contributed by atoms with E-state index in [9.17, 15) is 0 Å². The standard InChI is InChI=1S/C78H68BN3S3/c1-75(2,3)50-29-32-52(33-30-50)81-63-23-18-24-64-70(63)79(74-71(81)57-43-48(28-39-67(57)85-74)49-27-36-58-59(44-49)78(9,10)42-41-77(58,7)8)60-37-34-53-46-65(60)82(64)72-69(40-35-55-54-21-14-16-25-66(54)84-73(55)72)83-68-26-17-15-22-62(68)80(53)61-38-31-51(76(4,5)6)45-56(61)47-19-12-11-13-20-47/h11-40,43-46H,41-42H2,1-10H3. The van der Waals surface area contributed by atoms with Gasteiger partial charge in [0.2, 0.25) is 0 Å². The lowest BCUT2D eigenvalue weighted by atomic mass is 9.36. The Kier molecular flexibility index (Phi) is 11.7. The van der Waals surface area contributed by atoms with Crippen LogP contribution < -0.4 is 30.4 Å². The summed E-state index contributed by atoms with van der Waals surface area (Å²) in [6, 6.07) is 80.0. The molecule has 5 heterocycles. The molecule has 0 atom stereocenters. The van der Waals surface area contributed by atoms with Gasteiger partial charge in [0.25, 0.3) is 6.71 Å². The van der Waals surface area contributed by atoms with E-state index in [4.69, 9.17) is 0 Å². The molecule has 2 aromatic heterocycles. The first-order valence-electron chi connectivity index (χ1n) is 30.3. The quantitative estimate of drug-likeness (QED) is 0.162. The van der Waals surface area contributed by atoms with Crippen molar-refractivity contribution in [2.75, 3.05) is 14.7 Å². The summed E-state index contributed by atoms with van der Waals surface area (Å²) in [7, 11) is 0. The number of thiophene rings is 2. The molecule has 2 bridgehead atoms. The zero-order valence-corrected chi connectivity index (χ0v) is 52.6. The van der Waals surface area contributed by atoms with Gasteiger partial charge in [-0.2, -0.15) is 0 Å². The zero-order chi connectivity index (χ0) is 58.1. The lowest BCUT2D eigenvalue weighted by molar-refractivity contribution is 0.332. The van der Waals surface area contributed by atoms with Crippen molar-refractivity contribution in [2.24, 2.45) is 0 Å². The Labute approximate surface area is 513 Å². The molecular formula is C78H68BN3S3. The molecule has 7 heteroatoms. The van der Waals surface area contributed by atoms with E-state index in [0.717, 1.165) is 17.1 Å². The highest BCUT2D eigenvalue weighted by atomic mass is 32.2. The average molecular weight is 1150 g/mol. The number of para-hydroxylation sites is 1. The van der Waals surface area contributed by atoms with Crippen LogP contribution in [0.5, 0.6) is 0 Å². The fourth-order valence-electron chi connectivity index (χ4n) is 14.5. The van der Waals surface area contributed by atoms with Gasteiger partial charge in [-0.25, -0.2) is 0 Å². The van der Waals surface area contributed by atoms with Gasteiger partial charge in [-0.15, -0.1) is 22.7 Å². The summed E-state index contributed by atoms with van der Waals surface area (Å²) in [5.41, 5.74) is 24.2. The first kappa shape index (κ1) is 52.7. The summed E-state index contributed by atoms with van der Waals surface area (Å²) in [5, 5.41) is 3.88. The third kappa shape index (κ3) is 8.20. The first-order chi connectivity index (χ1) is 40.9. The number of hydrogen-bond donors (Lipinski definition) is 0. The van der Waals surface area contributed by atoms with E-state index in [1.807, 2.05) is 34.4 Å². The fourth-order valence-corrected chi connectivity index (χ4v) is 18.1. The third-order valence-electron chi connectivity index (χ3n) is 19.2. The number of anilines is 9. The van der Waals surface area contributed by atoms with Crippen molar-refractivity contribution in [3.05, 3.63) is 229 Å². The maximum absolute atomic E-state index is 2.69. The van der Waals surface area contributed by atoms with Gasteiger partial charge in [-0.05, 0) is 169 Å². The van der Waals surface area contributed by atoms with E-state index in [0.29, 0.717) is 0 Å². The first-order valence-corrected chi connectivity index (χ1v) is 32.8. The van der Waals surface area contributed by atoms with Crippen LogP contribution in [0.1, 0.15) is 104 Å². The van der Waals surface area contributed by atoms with Crippen LogP contribution in [0.15, 0.2) is 216 Å². The molecule has 0 amide bonds. The summed E-state index contributed by atoms with van der Waals surface area (Å²) >= 11 is 5.80. The summed E-state index contributed by atoms with van der Waals surface area (Å²) in [6.07, 6.45) is 2.38. The maximum atomic E-state index is 2.69. The van der Waals surface area contributed by atoms with Gasteiger partial charge in [0, 0.05) is 74.1 Å². The Bertz CT molecular complexity index is 4740. The van der Waals surface area contributed by atoms with Crippen molar-refractivity contribution in [3.63, 3.8) is 0 Å². The molecule has 3 nitrogen and oxygen atoms in total. The Hall–Kier alpha value is -7.81. The van der Waals surface area contributed by atoms with Crippen LogP contribution in [0.4, 0.5) is 51.2 Å². The minimum absolute atomic E-state index is 0.00922. The molecule has 0 unspecified atom stereocenters. The lowest BCUT2D eigenvalue weighted by Gasteiger charge is -2.44. The van der Waals surface area contributed by atoms with Gasteiger partial charge in [-0.3, -0.25) is 0 Å². The zero-order valence-electron chi connectivity index (χ0n) is 50.2. The molecule has 0 spiro atoms. The summed E-state index contributed by atoms with van der Waals surface area (Å²) in [4.78, 5) is 10.3. The van der Waals surface area contributed by atoms with Gasteiger partial charge < -0.3 is 14.7 Å². The van der Waals surface area contributed by atoms with Crippen molar-refractivity contribution < 1.29 is 0 Å². The molecule has 12 aromatic rings. The Balaban J connectivity index is 0.988. The SMILES string of the molecule is CC(C)(C)c1ccc(N2c3cccc4c3B(c3ccc5cc3N4c3c(ccc4c3sc3ccccc34)Sc3ccccc3N5c3ccc(C(C)(C)C)cc3-c3ccccc3)c3sc4ccc(-c5ccc6c(c5)C(C)(C)CCC6(C)C)cc4c32)cc1. The van der Waals surface area contributed by atoms with Crippen LogP contribution in [0.3, 0.4) is 0 Å². The van der Waals surface area contributed by atoms with Gasteiger partial charge >= 0.3 is 0 Å². The molecule has 85 heavy (non-hydrogen) atoms. The van der Waals surface area contributed by atoms with Gasteiger partial charge in [0.05, 0.1) is 27.4 Å². The number of nitrogens with zero attached hydrogens (tertiary/aromatic N) is 3. The van der Waals surface area contributed by atoms with Gasteiger partial charge in [0.15, 0.2) is 0 Å².